The van der Waals surface area contributed by atoms with Gasteiger partial charge in [-0.15, -0.1) is 0 Å². The summed E-state index contributed by atoms with van der Waals surface area (Å²) in [5, 5.41) is 9.83. The molecule has 15 heavy (non-hydrogen) atoms. The molecular formula is C10H14N4O. The summed E-state index contributed by atoms with van der Waals surface area (Å²) >= 11 is 0. The molecule has 0 radical (unpaired) electrons. The monoisotopic (exact) mass is 206 g/mol. The van der Waals surface area contributed by atoms with Crippen molar-refractivity contribution in [2.45, 2.75) is 19.4 Å². The average molecular weight is 206 g/mol. The molecule has 0 amide bonds. The van der Waals surface area contributed by atoms with Gasteiger partial charge in [-0.3, -0.25) is 4.98 Å². The molecule has 0 aliphatic rings. The van der Waals surface area contributed by atoms with E-state index in [-0.39, 0.29) is 0 Å². The van der Waals surface area contributed by atoms with Crippen LogP contribution in [-0.2, 0) is 0 Å². The van der Waals surface area contributed by atoms with Gasteiger partial charge in [-0.05, 0) is 19.9 Å². The summed E-state index contributed by atoms with van der Waals surface area (Å²) in [7, 11) is 0. The zero-order chi connectivity index (χ0) is 10.8. The van der Waals surface area contributed by atoms with Gasteiger partial charge in [0.15, 0.2) is 5.65 Å². The molecule has 80 valence electrons. The van der Waals surface area contributed by atoms with Crippen molar-refractivity contribution in [1.29, 1.82) is 0 Å². The van der Waals surface area contributed by atoms with E-state index in [9.17, 15) is 5.11 Å². The number of nitrogens with two attached hydrogens (primary N) is 1. The minimum atomic E-state index is -0.638. The van der Waals surface area contributed by atoms with E-state index in [1.165, 1.54) is 0 Å². The standard InChI is InChI=1S/C10H14N4O/c1-7-6-14-5-4-12-9(10(14)13-7)8(15)2-3-11/h4-6,8,15H,2-3,11H2,1H3. The van der Waals surface area contributed by atoms with E-state index in [1.807, 2.05) is 23.7 Å². The molecular weight excluding hydrogens is 192 g/mol. The van der Waals surface area contributed by atoms with Gasteiger partial charge in [0.1, 0.15) is 11.8 Å². The van der Waals surface area contributed by atoms with E-state index in [0.717, 1.165) is 5.69 Å². The molecule has 0 saturated carbocycles. The van der Waals surface area contributed by atoms with Crippen molar-refractivity contribution in [2.24, 2.45) is 5.73 Å². The van der Waals surface area contributed by atoms with E-state index in [4.69, 9.17) is 5.73 Å². The summed E-state index contributed by atoms with van der Waals surface area (Å²) in [6, 6.07) is 0. The third kappa shape index (κ3) is 1.84. The van der Waals surface area contributed by atoms with Gasteiger partial charge in [0, 0.05) is 18.6 Å². The van der Waals surface area contributed by atoms with Crippen LogP contribution in [0.3, 0.4) is 0 Å². The van der Waals surface area contributed by atoms with E-state index < -0.39 is 6.10 Å². The molecule has 0 fully saturated rings. The van der Waals surface area contributed by atoms with E-state index >= 15 is 0 Å². The number of aliphatic hydroxyl groups is 1. The Kier molecular flexibility index (Phi) is 2.66. The first-order chi connectivity index (χ1) is 7.22. The summed E-state index contributed by atoms with van der Waals surface area (Å²) in [6.45, 7) is 2.34. The summed E-state index contributed by atoms with van der Waals surface area (Å²) in [6.07, 6.45) is 5.23. The Labute approximate surface area is 87.6 Å². The summed E-state index contributed by atoms with van der Waals surface area (Å²) in [4.78, 5) is 8.47. The van der Waals surface area contributed by atoms with Gasteiger partial charge in [0.05, 0.1) is 5.69 Å². The molecule has 2 aromatic rings. The molecule has 0 spiro atoms. The first kappa shape index (κ1) is 10.1. The fraction of sp³-hybridized carbons (Fsp3) is 0.400. The predicted octanol–water partition coefficient (Wildman–Crippen LogP) is 0.420. The number of hydrogen-bond donors (Lipinski definition) is 2. The highest BCUT2D eigenvalue weighted by atomic mass is 16.3. The number of aromatic nitrogens is 3. The maximum atomic E-state index is 9.83. The largest absolute Gasteiger partial charge is 0.387 e. The molecule has 1 unspecified atom stereocenters. The zero-order valence-electron chi connectivity index (χ0n) is 8.59. The van der Waals surface area contributed by atoms with Crippen LogP contribution in [-0.4, -0.2) is 26.0 Å². The van der Waals surface area contributed by atoms with Gasteiger partial charge in [-0.1, -0.05) is 0 Å². The van der Waals surface area contributed by atoms with Gasteiger partial charge < -0.3 is 15.2 Å². The number of fused-ring (bicyclic) bond motifs is 1. The fourth-order valence-corrected chi connectivity index (χ4v) is 1.59. The number of imidazole rings is 1. The van der Waals surface area contributed by atoms with Crippen molar-refractivity contribution in [3.05, 3.63) is 30.0 Å². The Balaban J connectivity index is 2.50. The number of nitrogens with zero attached hydrogens (tertiary/aromatic N) is 3. The Morgan fingerprint density at radius 3 is 3.13 bits per heavy atom. The normalized spacial score (nSPS) is 13.3. The van der Waals surface area contributed by atoms with Crippen LogP contribution in [0.25, 0.3) is 5.65 Å². The third-order valence-corrected chi connectivity index (χ3v) is 2.28. The summed E-state index contributed by atoms with van der Waals surface area (Å²) in [5.41, 5.74) is 7.61. The van der Waals surface area contributed by atoms with Crippen molar-refractivity contribution in [3.63, 3.8) is 0 Å². The van der Waals surface area contributed by atoms with E-state index in [1.54, 1.807) is 6.20 Å². The maximum Gasteiger partial charge on any atom is 0.161 e. The SMILES string of the molecule is Cc1cn2ccnc(C(O)CCN)c2n1. The lowest BCUT2D eigenvalue weighted by atomic mass is 10.2. The Hall–Kier alpha value is -1.46. The first-order valence-electron chi connectivity index (χ1n) is 4.90. The lowest BCUT2D eigenvalue weighted by Gasteiger charge is -2.08. The second-order valence-corrected chi connectivity index (χ2v) is 3.52. The van der Waals surface area contributed by atoms with E-state index in [2.05, 4.69) is 9.97 Å². The lowest BCUT2D eigenvalue weighted by Crippen LogP contribution is -2.09. The predicted molar refractivity (Wildman–Crippen MR) is 56.4 cm³/mol. The molecule has 0 aliphatic carbocycles. The minimum absolute atomic E-state index is 0.434. The second-order valence-electron chi connectivity index (χ2n) is 3.52. The van der Waals surface area contributed by atoms with Gasteiger partial charge in [0.25, 0.3) is 0 Å². The highest BCUT2D eigenvalue weighted by Crippen LogP contribution is 2.18. The molecule has 2 aromatic heterocycles. The maximum absolute atomic E-state index is 9.83. The van der Waals surface area contributed by atoms with Gasteiger partial charge in [0.2, 0.25) is 0 Å². The van der Waals surface area contributed by atoms with Gasteiger partial charge in [-0.25, -0.2) is 4.98 Å². The topological polar surface area (TPSA) is 76.4 Å². The van der Waals surface area contributed by atoms with Crippen molar-refractivity contribution >= 4 is 5.65 Å². The summed E-state index contributed by atoms with van der Waals surface area (Å²) in [5.74, 6) is 0. The molecule has 1 atom stereocenters. The Morgan fingerprint density at radius 1 is 1.60 bits per heavy atom. The van der Waals surface area contributed by atoms with Crippen LogP contribution in [0.1, 0.15) is 23.9 Å². The molecule has 0 saturated heterocycles. The molecule has 2 heterocycles. The molecule has 3 N–H and O–H groups in total. The molecule has 0 aliphatic heterocycles. The van der Waals surface area contributed by atoms with Crippen LogP contribution in [0.4, 0.5) is 0 Å². The smallest absolute Gasteiger partial charge is 0.161 e. The quantitative estimate of drug-likeness (QED) is 0.763. The third-order valence-electron chi connectivity index (χ3n) is 2.28. The van der Waals surface area contributed by atoms with E-state index in [0.29, 0.717) is 24.3 Å². The van der Waals surface area contributed by atoms with Crippen LogP contribution in [0.5, 0.6) is 0 Å². The van der Waals surface area contributed by atoms with Crippen LogP contribution in [0, 0.1) is 6.92 Å². The number of rotatable bonds is 3. The van der Waals surface area contributed by atoms with Crippen molar-refractivity contribution in [3.8, 4) is 0 Å². The Bertz CT molecular complexity index is 465. The fourth-order valence-electron chi connectivity index (χ4n) is 1.59. The number of aryl methyl sites for hydroxylation is 1. The zero-order valence-corrected chi connectivity index (χ0v) is 8.59. The second kappa shape index (κ2) is 3.96. The number of aliphatic hydroxyl groups excluding tert-OH is 1. The number of hydrogen-bond acceptors (Lipinski definition) is 4. The Morgan fingerprint density at radius 2 is 2.40 bits per heavy atom. The van der Waals surface area contributed by atoms with Crippen molar-refractivity contribution in [1.82, 2.24) is 14.4 Å². The highest BCUT2D eigenvalue weighted by Gasteiger charge is 2.13. The molecule has 5 heteroatoms. The molecule has 2 rings (SSSR count). The minimum Gasteiger partial charge on any atom is -0.387 e. The molecule has 0 bridgehead atoms. The summed E-state index contributed by atoms with van der Waals surface area (Å²) < 4.78 is 1.86. The van der Waals surface area contributed by atoms with Gasteiger partial charge >= 0.3 is 0 Å². The highest BCUT2D eigenvalue weighted by molar-refractivity contribution is 5.45. The van der Waals surface area contributed by atoms with Crippen molar-refractivity contribution in [2.75, 3.05) is 6.54 Å². The van der Waals surface area contributed by atoms with Crippen molar-refractivity contribution < 1.29 is 5.11 Å². The van der Waals surface area contributed by atoms with Crippen LogP contribution < -0.4 is 5.73 Å². The molecule has 0 aromatic carbocycles. The average Bonchev–Trinajstić information content (AvgIpc) is 2.57. The van der Waals surface area contributed by atoms with Crippen LogP contribution >= 0.6 is 0 Å². The van der Waals surface area contributed by atoms with Gasteiger partial charge in [-0.2, -0.15) is 0 Å². The lowest BCUT2D eigenvalue weighted by molar-refractivity contribution is 0.166. The first-order valence-corrected chi connectivity index (χ1v) is 4.90. The molecule has 5 nitrogen and oxygen atoms in total. The van der Waals surface area contributed by atoms with Crippen LogP contribution in [0.2, 0.25) is 0 Å². The van der Waals surface area contributed by atoms with Crippen LogP contribution in [0.15, 0.2) is 18.6 Å².